The molecule has 0 aromatic heterocycles. The highest BCUT2D eigenvalue weighted by atomic mass is 35.5. The second kappa shape index (κ2) is 10.2. The van der Waals surface area contributed by atoms with Crippen molar-refractivity contribution in [1.82, 2.24) is 4.90 Å². The highest BCUT2D eigenvalue weighted by Gasteiger charge is 2.36. The molecular weight excluding hydrogens is 471 g/mol. The van der Waals surface area contributed by atoms with Gasteiger partial charge >= 0.3 is 6.18 Å². The highest BCUT2D eigenvalue weighted by molar-refractivity contribution is 6.30. The number of halogens is 4. The number of nitrogens with one attached hydrogen (secondary N) is 1. The number of carbonyl (C=O) groups is 2. The summed E-state index contributed by atoms with van der Waals surface area (Å²) in [7, 11) is 0. The van der Waals surface area contributed by atoms with Crippen LogP contribution in [-0.4, -0.2) is 56.1 Å². The molecule has 1 N–H and O–H groups in total. The summed E-state index contributed by atoms with van der Waals surface area (Å²) in [4.78, 5) is 29.1. The number of anilines is 2. The third-order valence-corrected chi connectivity index (χ3v) is 6.37. The summed E-state index contributed by atoms with van der Waals surface area (Å²) in [6, 6.07) is 10.4. The Hall–Kier alpha value is -2.78. The molecule has 0 bridgehead atoms. The zero-order chi connectivity index (χ0) is 24.3. The van der Waals surface area contributed by atoms with Gasteiger partial charge in [0.2, 0.25) is 5.91 Å². The van der Waals surface area contributed by atoms with E-state index in [1.165, 1.54) is 6.07 Å². The van der Waals surface area contributed by atoms with Crippen molar-refractivity contribution in [1.29, 1.82) is 0 Å². The lowest BCUT2D eigenvalue weighted by atomic mass is 9.96. The lowest BCUT2D eigenvalue weighted by Crippen LogP contribution is -2.43. The van der Waals surface area contributed by atoms with Gasteiger partial charge in [-0.3, -0.25) is 9.59 Å². The lowest BCUT2D eigenvalue weighted by Gasteiger charge is -2.32. The molecule has 6 nitrogen and oxygen atoms in total. The van der Waals surface area contributed by atoms with Gasteiger partial charge in [-0.05, 0) is 55.3 Å². The second-order valence-corrected chi connectivity index (χ2v) is 8.85. The first-order valence-corrected chi connectivity index (χ1v) is 11.5. The van der Waals surface area contributed by atoms with Crippen molar-refractivity contribution in [3.63, 3.8) is 0 Å². The molecular formula is C24H25ClF3N3O3. The largest absolute Gasteiger partial charge is 0.418 e. The number of hydrogen-bond acceptors (Lipinski definition) is 4. The predicted octanol–water partition coefficient (Wildman–Crippen LogP) is 4.69. The number of morpholine rings is 1. The molecule has 0 radical (unpaired) electrons. The fraction of sp³-hybridized carbons (Fsp3) is 0.417. The Morgan fingerprint density at radius 3 is 2.41 bits per heavy atom. The van der Waals surface area contributed by atoms with Crippen molar-refractivity contribution in [2.24, 2.45) is 5.92 Å². The minimum atomic E-state index is -4.63. The number of hydrogen-bond donors (Lipinski definition) is 1. The third kappa shape index (κ3) is 5.64. The summed E-state index contributed by atoms with van der Waals surface area (Å²) in [5.41, 5.74) is -0.292. The van der Waals surface area contributed by atoms with Gasteiger partial charge in [-0.1, -0.05) is 11.6 Å². The lowest BCUT2D eigenvalue weighted by molar-refractivity contribution is -0.137. The van der Waals surface area contributed by atoms with Crippen molar-refractivity contribution in [2.75, 3.05) is 49.6 Å². The van der Waals surface area contributed by atoms with Crippen molar-refractivity contribution in [3.8, 4) is 0 Å². The Balaban J connectivity index is 1.47. The van der Waals surface area contributed by atoms with E-state index in [4.69, 9.17) is 16.3 Å². The van der Waals surface area contributed by atoms with Crippen LogP contribution in [0, 0.1) is 5.92 Å². The zero-order valence-electron chi connectivity index (χ0n) is 18.4. The minimum absolute atomic E-state index is 0.139. The maximum Gasteiger partial charge on any atom is 0.418 e. The molecule has 2 aliphatic heterocycles. The van der Waals surface area contributed by atoms with E-state index in [2.05, 4.69) is 5.32 Å². The van der Waals surface area contributed by atoms with Gasteiger partial charge in [0.15, 0.2) is 0 Å². The number of rotatable bonds is 4. The number of ether oxygens (including phenoxy) is 1. The van der Waals surface area contributed by atoms with Crippen molar-refractivity contribution in [3.05, 3.63) is 58.6 Å². The number of nitrogens with zero attached hydrogens (tertiary/aromatic N) is 2. The number of alkyl halides is 3. The molecule has 0 spiro atoms. The van der Waals surface area contributed by atoms with Crippen molar-refractivity contribution >= 4 is 34.8 Å². The van der Waals surface area contributed by atoms with Crippen molar-refractivity contribution in [2.45, 2.75) is 19.0 Å². The Bertz CT molecular complexity index is 1040. The van der Waals surface area contributed by atoms with Crippen LogP contribution in [0.1, 0.15) is 28.8 Å². The smallest absolute Gasteiger partial charge is 0.378 e. The topological polar surface area (TPSA) is 61.9 Å². The molecule has 2 aliphatic rings. The Labute approximate surface area is 200 Å². The van der Waals surface area contributed by atoms with E-state index in [-0.39, 0.29) is 18.1 Å². The van der Waals surface area contributed by atoms with Gasteiger partial charge < -0.3 is 19.9 Å². The van der Waals surface area contributed by atoms with Crippen LogP contribution in [0.15, 0.2) is 42.5 Å². The van der Waals surface area contributed by atoms with Crippen LogP contribution in [0.3, 0.4) is 0 Å². The first kappa shape index (κ1) is 24.3. The van der Waals surface area contributed by atoms with Crippen LogP contribution >= 0.6 is 11.6 Å². The minimum Gasteiger partial charge on any atom is -0.378 e. The summed E-state index contributed by atoms with van der Waals surface area (Å²) < 4.78 is 46.7. The zero-order valence-corrected chi connectivity index (χ0v) is 19.2. The molecule has 2 aromatic carbocycles. The van der Waals surface area contributed by atoms with E-state index in [9.17, 15) is 22.8 Å². The Morgan fingerprint density at radius 1 is 1.03 bits per heavy atom. The van der Waals surface area contributed by atoms with E-state index in [1.807, 2.05) is 4.90 Å². The van der Waals surface area contributed by atoms with Gasteiger partial charge in [-0.25, -0.2) is 0 Å². The van der Waals surface area contributed by atoms with Crippen molar-refractivity contribution < 1.29 is 27.5 Å². The van der Waals surface area contributed by atoms with Gasteiger partial charge in [-0.2, -0.15) is 13.2 Å². The standard InChI is InChI=1S/C24H25ClF3N3O3/c25-18-5-3-16(4-6-18)23(33)31-9-1-2-17(15-31)22(32)29-21-8-7-19(14-20(21)24(26,27)28)30-10-12-34-13-11-30/h3-8,14,17H,1-2,9-13,15H2,(H,29,32). The van der Waals surface area contributed by atoms with Crippen LogP contribution < -0.4 is 10.2 Å². The van der Waals surface area contributed by atoms with Gasteiger partial charge in [-0.15, -0.1) is 0 Å². The molecule has 4 rings (SSSR count). The third-order valence-electron chi connectivity index (χ3n) is 6.11. The molecule has 2 heterocycles. The predicted molar refractivity (Wildman–Crippen MR) is 123 cm³/mol. The molecule has 10 heteroatoms. The first-order chi connectivity index (χ1) is 16.2. The molecule has 1 unspecified atom stereocenters. The number of likely N-dealkylation sites (tertiary alicyclic amines) is 1. The van der Waals surface area contributed by atoms with Crippen LogP contribution in [0.2, 0.25) is 5.02 Å². The van der Waals surface area contributed by atoms with Crippen LogP contribution in [0.4, 0.5) is 24.5 Å². The number of amides is 2. The van der Waals surface area contributed by atoms with E-state index in [0.717, 1.165) is 6.07 Å². The van der Waals surface area contributed by atoms with E-state index < -0.39 is 23.6 Å². The number of carbonyl (C=O) groups excluding carboxylic acids is 2. The van der Waals surface area contributed by atoms with E-state index >= 15 is 0 Å². The molecule has 182 valence electrons. The summed E-state index contributed by atoms with van der Waals surface area (Å²) >= 11 is 5.88. The van der Waals surface area contributed by atoms with Gasteiger partial charge in [0.1, 0.15) is 0 Å². The Morgan fingerprint density at radius 2 is 1.74 bits per heavy atom. The molecule has 2 fully saturated rings. The normalized spacial score (nSPS) is 19.1. The maximum absolute atomic E-state index is 13.8. The van der Waals surface area contributed by atoms with Crippen LogP contribution in [-0.2, 0) is 15.7 Å². The number of piperidine rings is 1. The Kier molecular flexibility index (Phi) is 7.33. The fourth-order valence-electron chi connectivity index (χ4n) is 4.28. The monoisotopic (exact) mass is 495 g/mol. The summed E-state index contributed by atoms with van der Waals surface area (Å²) in [5, 5.41) is 2.97. The van der Waals surface area contributed by atoms with E-state index in [0.29, 0.717) is 62.0 Å². The quantitative estimate of drug-likeness (QED) is 0.668. The highest BCUT2D eigenvalue weighted by Crippen LogP contribution is 2.38. The average Bonchev–Trinajstić information content (AvgIpc) is 2.84. The molecule has 2 saturated heterocycles. The number of benzene rings is 2. The summed E-state index contributed by atoms with van der Waals surface area (Å²) in [6.07, 6.45) is -3.56. The summed E-state index contributed by atoms with van der Waals surface area (Å²) in [5.74, 6) is -1.37. The first-order valence-electron chi connectivity index (χ1n) is 11.1. The molecule has 0 aliphatic carbocycles. The second-order valence-electron chi connectivity index (χ2n) is 8.41. The molecule has 2 amide bonds. The van der Waals surface area contributed by atoms with Crippen LogP contribution in [0.25, 0.3) is 0 Å². The summed E-state index contributed by atoms with van der Waals surface area (Å²) in [6.45, 7) is 2.53. The maximum atomic E-state index is 13.8. The fourth-order valence-corrected chi connectivity index (χ4v) is 4.41. The molecule has 34 heavy (non-hydrogen) atoms. The van der Waals surface area contributed by atoms with Gasteiger partial charge in [0.25, 0.3) is 5.91 Å². The molecule has 0 saturated carbocycles. The van der Waals surface area contributed by atoms with Gasteiger partial charge in [0.05, 0.1) is 30.4 Å². The average molecular weight is 496 g/mol. The van der Waals surface area contributed by atoms with E-state index in [1.54, 1.807) is 35.2 Å². The SMILES string of the molecule is O=C(Nc1ccc(N2CCOCC2)cc1C(F)(F)F)C1CCCN(C(=O)c2ccc(Cl)cc2)C1. The van der Waals surface area contributed by atoms with Crippen LogP contribution in [0.5, 0.6) is 0 Å². The molecule has 2 aromatic rings. The van der Waals surface area contributed by atoms with Gasteiger partial charge in [0, 0.05) is 42.5 Å². The molecule has 1 atom stereocenters.